The number of nitrogens with zero attached hydrogens (tertiary/aromatic N) is 2. The Morgan fingerprint density at radius 2 is 1.74 bits per heavy atom. The Hall–Kier alpha value is -3.32. The number of hydrogen-bond acceptors (Lipinski definition) is 5. The van der Waals surface area contributed by atoms with Crippen LogP contribution >= 0.6 is 0 Å². The quantitative estimate of drug-likeness (QED) is 0.489. The highest BCUT2D eigenvalue weighted by Crippen LogP contribution is 2.29. The summed E-state index contributed by atoms with van der Waals surface area (Å²) in [5, 5.41) is 3.02. The molecule has 0 radical (unpaired) electrons. The SMILES string of the molecule is CCCOc1ccc(/C=C/C(=O)N2CCN(CC(=O)Nc3ccccc3CC)CC2)cc1OCC. The second kappa shape index (κ2) is 13.5. The second-order valence-electron chi connectivity index (χ2n) is 8.48. The average molecular weight is 480 g/mol. The molecule has 0 unspecified atom stereocenters. The molecule has 2 amide bonds. The maximum atomic E-state index is 12.7. The van der Waals surface area contributed by atoms with Gasteiger partial charge in [0.1, 0.15) is 0 Å². The minimum absolute atomic E-state index is 0.0259. The van der Waals surface area contributed by atoms with Crippen LogP contribution in [-0.2, 0) is 16.0 Å². The Bertz CT molecular complexity index is 1010. The number of carbonyl (C=O) groups excluding carboxylic acids is 2. The number of ether oxygens (including phenoxy) is 2. The number of piperazine rings is 1. The number of hydrogen-bond donors (Lipinski definition) is 1. The van der Waals surface area contributed by atoms with E-state index in [-0.39, 0.29) is 11.8 Å². The zero-order chi connectivity index (χ0) is 25.0. The third-order valence-electron chi connectivity index (χ3n) is 5.87. The van der Waals surface area contributed by atoms with Crippen LogP contribution in [-0.4, -0.2) is 67.6 Å². The van der Waals surface area contributed by atoms with E-state index in [1.165, 1.54) is 0 Å². The fourth-order valence-corrected chi connectivity index (χ4v) is 3.97. The van der Waals surface area contributed by atoms with Crippen LogP contribution in [0.3, 0.4) is 0 Å². The van der Waals surface area contributed by atoms with Crippen molar-refractivity contribution in [1.82, 2.24) is 9.80 Å². The molecule has 0 spiro atoms. The first-order valence-corrected chi connectivity index (χ1v) is 12.5. The van der Waals surface area contributed by atoms with E-state index in [1.807, 2.05) is 54.3 Å². The molecule has 2 aromatic carbocycles. The number of nitrogens with one attached hydrogen (secondary N) is 1. The van der Waals surface area contributed by atoms with Gasteiger partial charge in [0.2, 0.25) is 11.8 Å². The largest absolute Gasteiger partial charge is 0.490 e. The van der Waals surface area contributed by atoms with Crippen LogP contribution in [0.1, 0.15) is 38.3 Å². The van der Waals surface area contributed by atoms with Crippen LogP contribution in [0.25, 0.3) is 6.08 Å². The number of aryl methyl sites for hydroxylation is 1. The minimum Gasteiger partial charge on any atom is -0.490 e. The summed E-state index contributed by atoms with van der Waals surface area (Å²) in [6.45, 7) is 10.1. The van der Waals surface area contributed by atoms with Gasteiger partial charge in [-0.3, -0.25) is 14.5 Å². The summed E-state index contributed by atoms with van der Waals surface area (Å²) in [5.41, 5.74) is 2.88. The molecule has 1 N–H and O–H groups in total. The summed E-state index contributed by atoms with van der Waals surface area (Å²) in [6, 6.07) is 13.6. The van der Waals surface area contributed by atoms with Gasteiger partial charge in [0.25, 0.3) is 0 Å². The van der Waals surface area contributed by atoms with Gasteiger partial charge < -0.3 is 19.7 Å². The molecule has 3 rings (SSSR count). The van der Waals surface area contributed by atoms with Gasteiger partial charge in [-0.15, -0.1) is 0 Å². The number of anilines is 1. The van der Waals surface area contributed by atoms with E-state index in [1.54, 1.807) is 12.2 Å². The minimum atomic E-state index is -0.0322. The van der Waals surface area contributed by atoms with E-state index in [2.05, 4.69) is 24.1 Å². The molecule has 7 nitrogen and oxygen atoms in total. The van der Waals surface area contributed by atoms with Crippen molar-refractivity contribution in [3.8, 4) is 11.5 Å². The Kier molecular flexibility index (Phi) is 10.2. The fourth-order valence-electron chi connectivity index (χ4n) is 3.97. The molecule has 1 saturated heterocycles. The van der Waals surface area contributed by atoms with Crippen molar-refractivity contribution < 1.29 is 19.1 Å². The molecule has 7 heteroatoms. The molecule has 1 fully saturated rings. The monoisotopic (exact) mass is 479 g/mol. The highest BCUT2D eigenvalue weighted by molar-refractivity contribution is 5.93. The predicted octanol–water partition coefficient (Wildman–Crippen LogP) is 4.23. The van der Waals surface area contributed by atoms with Crippen LogP contribution in [0.2, 0.25) is 0 Å². The lowest BCUT2D eigenvalue weighted by Crippen LogP contribution is -2.50. The molecular formula is C28H37N3O4. The van der Waals surface area contributed by atoms with E-state index in [4.69, 9.17) is 9.47 Å². The van der Waals surface area contributed by atoms with Crippen molar-refractivity contribution >= 4 is 23.6 Å². The van der Waals surface area contributed by atoms with Gasteiger partial charge in [0.05, 0.1) is 19.8 Å². The zero-order valence-electron chi connectivity index (χ0n) is 21.1. The third kappa shape index (κ3) is 7.86. The highest BCUT2D eigenvalue weighted by atomic mass is 16.5. The van der Waals surface area contributed by atoms with Crippen molar-refractivity contribution in [2.24, 2.45) is 0 Å². The van der Waals surface area contributed by atoms with Crippen LogP contribution in [0.15, 0.2) is 48.5 Å². The molecule has 188 valence electrons. The maximum Gasteiger partial charge on any atom is 0.246 e. The van der Waals surface area contributed by atoms with Crippen molar-refractivity contribution in [2.45, 2.75) is 33.6 Å². The summed E-state index contributed by atoms with van der Waals surface area (Å²) >= 11 is 0. The molecule has 1 aliphatic rings. The first-order chi connectivity index (χ1) is 17.0. The number of amides is 2. The lowest BCUT2D eigenvalue weighted by atomic mass is 10.1. The van der Waals surface area contributed by atoms with Crippen molar-refractivity contribution in [1.29, 1.82) is 0 Å². The molecule has 0 aliphatic carbocycles. The maximum absolute atomic E-state index is 12.7. The number of rotatable bonds is 11. The van der Waals surface area contributed by atoms with E-state index in [0.29, 0.717) is 51.7 Å². The fraction of sp³-hybridized carbons (Fsp3) is 0.429. The van der Waals surface area contributed by atoms with Crippen LogP contribution in [0.5, 0.6) is 11.5 Å². The number of benzene rings is 2. The van der Waals surface area contributed by atoms with Gasteiger partial charge in [-0.2, -0.15) is 0 Å². The third-order valence-corrected chi connectivity index (χ3v) is 5.87. The summed E-state index contributed by atoms with van der Waals surface area (Å²) in [5.74, 6) is 1.34. The second-order valence-corrected chi connectivity index (χ2v) is 8.48. The Labute approximate surface area is 208 Å². The Balaban J connectivity index is 1.49. The molecule has 1 heterocycles. The van der Waals surface area contributed by atoms with Crippen molar-refractivity contribution in [2.75, 3.05) is 51.3 Å². The zero-order valence-corrected chi connectivity index (χ0v) is 21.1. The van der Waals surface area contributed by atoms with Gasteiger partial charge in [-0.25, -0.2) is 0 Å². The van der Waals surface area contributed by atoms with Crippen LogP contribution in [0, 0.1) is 0 Å². The predicted molar refractivity (Wildman–Crippen MR) is 140 cm³/mol. The van der Waals surface area contributed by atoms with E-state index >= 15 is 0 Å². The summed E-state index contributed by atoms with van der Waals surface area (Å²) in [6.07, 6.45) is 5.20. The lowest BCUT2D eigenvalue weighted by molar-refractivity contribution is -0.127. The standard InChI is InChI=1S/C28H37N3O4/c1-4-19-35-25-13-11-22(20-26(25)34-6-3)12-14-28(33)31-17-15-30(16-18-31)21-27(32)29-24-10-8-7-9-23(24)5-2/h7-14,20H,4-6,15-19,21H2,1-3H3,(H,29,32)/b14-12+. The van der Waals surface area contributed by atoms with Gasteiger partial charge in [-0.05, 0) is 55.2 Å². The molecule has 35 heavy (non-hydrogen) atoms. The first-order valence-electron chi connectivity index (χ1n) is 12.5. The molecule has 0 saturated carbocycles. The van der Waals surface area contributed by atoms with Gasteiger partial charge in [-0.1, -0.05) is 38.1 Å². The van der Waals surface area contributed by atoms with Gasteiger partial charge in [0.15, 0.2) is 11.5 Å². The molecule has 0 bridgehead atoms. The number of para-hydroxylation sites is 1. The average Bonchev–Trinajstić information content (AvgIpc) is 2.87. The lowest BCUT2D eigenvalue weighted by Gasteiger charge is -2.33. The highest BCUT2D eigenvalue weighted by Gasteiger charge is 2.21. The van der Waals surface area contributed by atoms with Gasteiger partial charge in [0, 0.05) is 37.9 Å². The van der Waals surface area contributed by atoms with E-state index < -0.39 is 0 Å². The summed E-state index contributed by atoms with van der Waals surface area (Å²) in [7, 11) is 0. The smallest absolute Gasteiger partial charge is 0.246 e. The molecule has 0 aromatic heterocycles. The topological polar surface area (TPSA) is 71.1 Å². The van der Waals surface area contributed by atoms with E-state index in [0.717, 1.165) is 35.4 Å². The summed E-state index contributed by atoms with van der Waals surface area (Å²) < 4.78 is 11.4. The molecule has 1 aliphatic heterocycles. The van der Waals surface area contributed by atoms with Crippen molar-refractivity contribution in [3.63, 3.8) is 0 Å². The van der Waals surface area contributed by atoms with Gasteiger partial charge >= 0.3 is 0 Å². The van der Waals surface area contributed by atoms with Crippen molar-refractivity contribution in [3.05, 3.63) is 59.7 Å². The molecular weight excluding hydrogens is 442 g/mol. The summed E-state index contributed by atoms with van der Waals surface area (Å²) in [4.78, 5) is 29.1. The normalized spacial score (nSPS) is 14.2. The van der Waals surface area contributed by atoms with Crippen LogP contribution in [0.4, 0.5) is 5.69 Å². The first kappa shape index (κ1) is 26.3. The Morgan fingerprint density at radius 3 is 2.46 bits per heavy atom. The van der Waals surface area contributed by atoms with Crippen LogP contribution < -0.4 is 14.8 Å². The molecule has 0 atom stereocenters. The Morgan fingerprint density at radius 1 is 0.971 bits per heavy atom. The molecule has 2 aromatic rings. The van der Waals surface area contributed by atoms with E-state index in [9.17, 15) is 9.59 Å². The number of carbonyl (C=O) groups is 2.